The van der Waals surface area contributed by atoms with Gasteiger partial charge in [-0.1, -0.05) is 22.9 Å². The summed E-state index contributed by atoms with van der Waals surface area (Å²) in [4.78, 5) is 5.28. The predicted molar refractivity (Wildman–Crippen MR) is 72.1 cm³/mol. The fourth-order valence-corrected chi connectivity index (χ4v) is 2.61. The van der Waals surface area contributed by atoms with Gasteiger partial charge in [-0.2, -0.15) is 0 Å². The molecule has 1 aromatic heterocycles. The number of benzene rings is 1. The smallest absolute Gasteiger partial charge is 0.260 e. The molecule has 1 heterocycles. The van der Waals surface area contributed by atoms with Gasteiger partial charge in [0.25, 0.3) is 5.22 Å². The molecule has 17 heavy (non-hydrogen) atoms. The third kappa shape index (κ3) is 3.59. The summed E-state index contributed by atoms with van der Waals surface area (Å²) in [7, 11) is 0. The van der Waals surface area contributed by atoms with E-state index < -0.39 is 0 Å². The number of oxazole rings is 1. The van der Waals surface area contributed by atoms with Crippen molar-refractivity contribution < 1.29 is 4.42 Å². The van der Waals surface area contributed by atoms with Crippen LogP contribution in [0.5, 0.6) is 0 Å². The van der Waals surface area contributed by atoms with Gasteiger partial charge in [0.05, 0.1) is 6.20 Å². The van der Waals surface area contributed by atoms with Crippen LogP contribution in [0.25, 0.3) is 0 Å². The van der Waals surface area contributed by atoms with E-state index in [-0.39, 0.29) is 0 Å². The van der Waals surface area contributed by atoms with Crippen molar-refractivity contribution in [2.45, 2.75) is 23.6 Å². The summed E-state index contributed by atoms with van der Waals surface area (Å²) in [5.74, 6) is 0. The summed E-state index contributed by atoms with van der Waals surface area (Å²) in [5.41, 5.74) is 1.24. The van der Waals surface area contributed by atoms with Crippen LogP contribution in [0.3, 0.4) is 0 Å². The minimum Gasteiger partial charge on any atom is -0.440 e. The zero-order valence-electron chi connectivity index (χ0n) is 9.44. The minimum absolute atomic E-state index is 0.671. The second kappa shape index (κ2) is 6.23. The maximum atomic E-state index is 5.25. The first-order valence-electron chi connectivity index (χ1n) is 5.36. The molecule has 0 amide bonds. The zero-order chi connectivity index (χ0) is 12.1. The first-order valence-corrected chi connectivity index (χ1v) is 6.97. The lowest BCUT2D eigenvalue weighted by molar-refractivity contribution is 0.454. The number of nitrogens with one attached hydrogen (secondary N) is 1. The van der Waals surface area contributed by atoms with Crippen LogP contribution in [0.1, 0.15) is 12.5 Å². The van der Waals surface area contributed by atoms with Crippen LogP contribution in [0.4, 0.5) is 0 Å². The normalized spacial score (nSPS) is 10.7. The molecule has 0 radical (unpaired) electrons. The predicted octanol–water partition coefficient (Wildman–Crippen LogP) is 3.70. The van der Waals surface area contributed by atoms with Gasteiger partial charge in [-0.15, -0.1) is 0 Å². The van der Waals surface area contributed by atoms with Crippen LogP contribution < -0.4 is 5.32 Å². The molecular weight excluding hydrogens is 300 g/mol. The molecule has 1 N–H and O–H groups in total. The van der Waals surface area contributed by atoms with E-state index in [1.807, 2.05) is 6.07 Å². The Balaban J connectivity index is 2.19. The molecule has 3 nitrogen and oxygen atoms in total. The van der Waals surface area contributed by atoms with Crippen molar-refractivity contribution in [3.05, 3.63) is 40.7 Å². The van der Waals surface area contributed by atoms with Gasteiger partial charge in [0, 0.05) is 15.9 Å². The van der Waals surface area contributed by atoms with Gasteiger partial charge in [0.15, 0.2) is 0 Å². The number of hydrogen-bond donors (Lipinski definition) is 1. The Hall–Kier alpha value is -0.780. The number of aromatic nitrogens is 1. The molecule has 0 fully saturated rings. The van der Waals surface area contributed by atoms with Gasteiger partial charge in [-0.05, 0) is 42.1 Å². The topological polar surface area (TPSA) is 38.1 Å². The van der Waals surface area contributed by atoms with Crippen LogP contribution in [0.2, 0.25) is 0 Å². The molecule has 1 aromatic carbocycles. The maximum absolute atomic E-state index is 5.25. The minimum atomic E-state index is 0.671. The standard InChI is InChI=1S/C12H13BrN2OS/c1-2-14-8-9-7-10(13)3-4-11(9)17-12-15-5-6-16-12/h3-7,14H,2,8H2,1H3. The molecule has 0 aliphatic carbocycles. The third-order valence-corrected chi connectivity index (χ3v) is 3.68. The van der Waals surface area contributed by atoms with Crippen molar-refractivity contribution in [3.8, 4) is 0 Å². The molecule has 0 saturated carbocycles. The molecular formula is C12H13BrN2OS. The highest BCUT2D eigenvalue weighted by molar-refractivity contribution is 9.10. The van der Waals surface area contributed by atoms with Crippen LogP contribution in [-0.4, -0.2) is 11.5 Å². The van der Waals surface area contributed by atoms with Crippen LogP contribution in [0, 0.1) is 0 Å². The summed E-state index contributed by atoms with van der Waals surface area (Å²) < 4.78 is 6.33. The Labute approximate surface area is 113 Å². The highest BCUT2D eigenvalue weighted by atomic mass is 79.9. The Kier molecular flexibility index (Phi) is 4.65. The lowest BCUT2D eigenvalue weighted by Gasteiger charge is -2.08. The zero-order valence-corrected chi connectivity index (χ0v) is 11.8. The number of hydrogen-bond acceptors (Lipinski definition) is 4. The number of rotatable bonds is 5. The van der Waals surface area contributed by atoms with E-state index in [9.17, 15) is 0 Å². The molecule has 5 heteroatoms. The van der Waals surface area contributed by atoms with E-state index in [1.54, 1.807) is 24.2 Å². The third-order valence-electron chi connectivity index (χ3n) is 2.19. The Morgan fingerprint density at radius 3 is 3.06 bits per heavy atom. The first kappa shape index (κ1) is 12.7. The molecule has 2 aromatic rings. The van der Waals surface area contributed by atoms with E-state index in [4.69, 9.17) is 4.42 Å². The molecule has 0 aliphatic rings. The van der Waals surface area contributed by atoms with Crippen molar-refractivity contribution in [3.63, 3.8) is 0 Å². The second-order valence-corrected chi connectivity index (χ2v) is 5.34. The quantitative estimate of drug-likeness (QED) is 0.913. The monoisotopic (exact) mass is 312 g/mol. The van der Waals surface area contributed by atoms with Crippen LogP contribution in [-0.2, 0) is 6.54 Å². The molecule has 0 unspecified atom stereocenters. The van der Waals surface area contributed by atoms with Gasteiger partial charge in [0.1, 0.15) is 6.26 Å². The number of halogens is 1. The molecule has 90 valence electrons. The molecule has 2 rings (SSSR count). The van der Waals surface area contributed by atoms with Crippen molar-refractivity contribution in [1.82, 2.24) is 10.3 Å². The van der Waals surface area contributed by atoms with Gasteiger partial charge < -0.3 is 9.73 Å². The molecule has 0 atom stereocenters. The lowest BCUT2D eigenvalue weighted by Crippen LogP contribution is -2.12. The van der Waals surface area contributed by atoms with E-state index in [0.717, 1.165) is 22.5 Å². The van der Waals surface area contributed by atoms with E-state index in [1.165, 1.54) is 5.56 Å². The van der Waals surface area contributed by atoms with Crippen LogP contribution >= 0.6 is 27.7 Å². The highest BCUT2D eigenvalue weighted by Gasteiger charge is 2.07. The largest absolute Gasteiger partial charge is 0.440 e. The van der Waals surface area contributed by atoms with E-state index >= 15 is 0 Å². The van der Waals surface area contributed by atoms with Crippen molar-refractivity contribution in [2.75, 3.05) is 6.54 Å². The van der Waals surface area contributed by atoms with E-state index in [0.29, 0.717) is 5.22 Å². The number of nitrogens with zero attached hydrogens (tertiary/aromatic N) is 1. The summed E-state index contributed by atoms with van der Waals surface area (Å²) in [6.45, 7) is 3.90. The van der Waals surface area contributed by atoms with E-state index in [2.05, 4.69) is 45.3 Å². The molecule has 0 aliphatic heterocycles. The summed E-state index contributed by atoms with van der Waals surface area (Å²) >= 11 is 5.03. The molecule has 0 bridgehead atoms. The summed E-state index contributed by atoms with van der Waals surface area (Å²) in [5, 5.41) is 4.00. The van der Waals surface area contributed by atoms with Gasteiger partial charge in [-0.25, -0.2) is 4.98 Å². The van der Waals surface area contributed by atoms with Gasteiger partial charge in [-0.3, -0.25) is 0 Å². The first-order chi connectivity index (χ1) is 8.29. The van der Waals surface area contributed by atoms with Crippen molar-refractivity contribution in [2.24, 2.45) is 0 Å². The van der Waals surface area contributed by atoms with Crippen molar-refractivity contribution >= 4 is 27.7 Å². The summed E-state index contributed by atoms with van der Waals surface area (Å²) in [6, 6.07) is 6.22. The fraction of sp³-hybridized carbons (Fsp3) is 0.250. The molecule has 0 spiro atoms. The van der Waals surface area contributed by atoms with Crippen LogP contribution in [0.15, 0.2) is 49.7 Å². The highest BCUT2D eigenvalue weighted by Crippen LogP contribution is 2.31. The SMILES string of the molecule is CCNCc1cc(Br)ccc1Sc1ncco1. The van der Waals surface area contributed by atoms with Crippen molar-refractivity contribution in [1.29, 1.82) is 0 Å². The molecule has 0 saturated heterocycles. The average molecular weight is 313 g/mol. The lowest BCUT2D eigenvalue weighted by atomic mass is 10.2. The van der Waals surface area contributed by atoms with Gasteiger partial charge in [0.2, 0.25) is 0 Å². The average Bonchev–Trinajstić information content (AvgIpc) is 2.82. The summed E-state index contributed by atoms with van der Waals surface area (Å²) in [6.07, 6.45) is 3.25. The Morgan fingerprint density at radius 2 is 2.35 bits per heavy atom. The maximum Gasteiger partial charge on any atom is 0.260 e. The Bertz CT molecular complexity index is 473. The Morgan fingerprint density at radius 1 is 1.47 bits per heavy atom. The fourth-order valence-electron chi connectivity index (χ4n) is 1.40. The second-order valence-electron chi connectivity index (χ2n) is 3.43. The van der Waals surface area contributed by atoms with Gasteiger partial charge >= 0.3 is 0 Å².